The molecule has 0 bridgehead atoms. The monoisotopic (exact) mass is 431 g/mol. The molecular formula is C19H17Cl2F2NO4. The summed E-state index contributed by atoms with van der Waals surface area (Å²) in [4.78, 5) is 16.5. The summed E-state index contributed by atoms with van der Waals surface area (Å²) in [7, 11) is 0. The fourth-order valence-corrected chi connectivity index (χ4v) is 3.54. The van der Waals surface area contributed by atoms with Crippen molar-refractivity contribution in [2.75, 3.05) is 0 Å². The van der Waals surface area contributed by atoms with E-state index in [9.17, 15) is 18.7 Å². The smallest absolute Gasteiger partial charge is 0.387 e. The highest BCUT2D eigenvalue weighted by Crippen LogP contribution is 2.34. The predicted molar refractivity (Wildman–Crippen MR) is 99.6 cm³/mol. The van der Waals surface area contributed by atoms with Gasteiger partial charge in [0, 0.05) is 36.4 Å². The first-order valence-electron chi connectivity index (χ1n) is 8.58. The minimum absolute atomic E-state index is 0.0252. The molecule has 0 spiro atoms. The van der Waals surface area contributed by atoms with E-state index in [-0.39, 0.29) is 45.4 Å². The van der Waals surface area contributed by atoms with E-state index in [4.69, 9.17) is 27.9 Å². The maximum atomic E-state index is 12.7. The van der Waals surface area contributed by atoms with Gasteiger partial charge in [0.05, 0.1) is 16.1 Å². The number of aliphatic hydroxyl groups is 1. The van der Waals surface area contributed by atoms with Gasteiger partial charge in [0.25, 0.3) is 0 Å². The molecule has 1 saturated carbocycles. The fraction of sp³-hybridized carbons (Fsp3) is 0.368. The average Bonchev–Trinajstić information content (AvgIpc) is 3.04. The highest BCUT2D eigenvalue weighted by molar-refractivity contribution is 6.36. The third kappa shape index (κ3) is 5.10. The van der Waals surface area contributed by atoms with Gasteiger partial charge in [0.15, 0.2) is 17.3 Å². The number of nitrogens with zero attached hydrogens (tertiary/aromatic N) is 1. The van der Waals surface area contributed by atoms with Crippen molar-refractivity contribution >= 4 is 29.0 Å². The lowest BCUT2D eigenvalue weighted by atomic mass is 10.0. The SMILES string of the molecule is O=C(Cc1c(Cl)cncc1Cl)c1ccc(OC(F)F)c(O[C@@H]2CC[C@H](O)C2)c1. The van der Waals surface area contributed by atoms with Crippen LogP contribution in [0.15, 0.2) is 30.6 Å². The Hall–Kier alpha value is -1.96. The maximum Gasteiger partial charge on any atom is 0.387 e. The number of carbonyl (C=O) groups is 1. The molecule has 0 aliphatic heterocycles. The van der Waals surface area contributed by atoms with Gasteiger partial charge >= 0.3 is 6.61 Å². The Bertz CT molecular complexity index is 846. The van der Waals surface area contributed by atoms with Crippen molar-refractivity contribution in [1.82, 2.24) is 4.98 Å². The molecule has 1 aromatic carbocycles. The van der Waals surface area contributed by atoms with Crippen LogP contribution in [-0.2, 0) is 6.42 Å². The summed E-state index contributed by atoms with van der Waals surface area (Å²) in [6.45, 7) is -3.03. The van der Waals surface area contributed by atoms with Gasteiger partial charge in [0.1, 0.15) is 6.10 Å². The van der Waals surface area contributed by atoms with E-state index in [1.807, 2.05) is 0 Å². The number of carbonyl (C=O) groups excluding carboxylic acids is 1. The molecular weight excluding hydrogens is 415 g/mol. The van der Waals surface area contributed by atoms with Gasteiger partial charge in [-0.05, 0) is 31.0 Å². The van der Waals surface area contributed by atoms with Crippen molar-refractivity contribution in [3.63, 3.8) is 0 Å². The van der Waals surface area contributed by atoms with Crippen LogP contribution in [0.1, 0.15) is 35.2 Å². The normalized spacial score (nSPS) is 19.1. The first-order valence-corrected chi connectivity index (χ1v) is 9.33. The van der Waals surface area contributed by atoms with Gasteiger partial charge in [-0.2, -0.15) is 8.78 Å². The van der Waals surface area contributed by atoms with Crippen LogP contribution in [0.25, 0.3) is 0 Å². The van der Waals surface area contributed by atoms with Gasteiger partial charge in [-0.3, -0.25) is 9.78 Å². The van der Waals surface area contributed by atoms with Crippen molar-refractivity contribution in [2.24, 2.45) is 0 Å². The molecule has 1 aliphatic rings. The second kappa shape index (κ2) is 9.03. The van der Waals surface area contributed by atoms with Crippen molar-refractivity contribution < 1.29 is 28.2 Å². The highest BCUT2D eigenvalue weighted by atomic mass is 35.5. The van der Waals surface area contributed by atoms with Gasteiger partial charge in [-0.1, -0.05) is 23.2 Å². The third-order valence-corrected chi connectivity index (χ3v) is 5.07. The molecule has 3 rings (SSSR count). The Morgan fingerprint density at radius 3 is 2.54 bits per heavy atom. The van der Waals surface area contributed by atoms with Crippen LogP contribution in [-0.4, -0.2) is 34.7 Å². The number of aromatic nitrogens is 1. The maximum absolute atomic E-state index is 12.7. The zero-order valence-corrected chi connectivity index (χ0v) is 16.1. The van der Waals surface area contributed by atoms with Gasteiger partial charge in [-0.15, -0.1) is 0 Å². The van der Waals surface area contributed by atoms with E-state index < -0.39 is 12.7 Å². The number of ether oxygens (including phenoxy) is 2. The summed E-state index contributed by atoms with van der Waals surface area (Å²) in [5.41, 5.74) is 0.664. The molecule has 1 N–H and O–H groups in total. The standard InChI is InChI=1S/C19H17Cl2F2NO4/c20-14-8-24-9-15(21)13(14)7-16(26)10-1-4-17(28-19(22)23)18(5-10)27-12-3-2-11(25)6-12/h1,4-5,8-9,11-12,19,25H,2-3,6-7H2/t11-,12+/m0/s1. The molecule has 0 saturated heterocycles. The molecule has 1 aliphatic carbocycles. The van der Waals surface area contributed by atoms with Crippen molar-refractivity contribution in [3.8, 4) is 11.5 Å². The molecule has 1 heterocycles. The Balaban J connectivity index is 1.84. The number of hydrogen-bond donors (Lipinski definition) is 1. The molecule has 1 aromatic heterocycles. The minimum atomic E-state index is -3.03. The molecule has 0 unspecified atom stereocenters. The zero-order valence-electron chi connectivity index (χ0n) is 14.6. The summed E-state index contributed by atoms with van der Waals surface area (Å²) in [5.74, 6) is -0.472. The lowest BCUT2D eigenvalue weighted by Gasteiger charge is -2.17. The quantitative estimate of drug-likeness (QED) is 0.642. The molecule has 0 amide bonds. The Morgan fingerprint density at radius 2 is 1.93 bits per heavy atom. The van der Waals surface area contributed by atoms with Crippen molar-refractivity contribution in [1.29, 1.82) is 0 Å². The van der Waals surface area contributed by atoms with Crippen LogP contribution >= 0.6 is 23.2 Å². The second-order valence-corrected chi connectivity index (χ2v) is 7.24. The van der Waals surface area contributed by atoms with E-state index >= 15 is 0 Å². The van der Waals surface area contributed by atoms with Gasteiger partial charge in [-0.25, -0.2) is 0 Å². The predicted octanol–water partition coefficient (Wildman–Crippen LogP) is 4.71. The number of halogens is 4. The molecule has 1 fully saturated rings. The molecule has 0 radical (unpaired) electrons. The van der Waals surface area contributed by atoms with E-state index in [1.165, 1.54) is 30.6 Å². The number of aliphatic hydroxyl groups excluding tert-OH is 1. The number of Topliss-reactive ketones (excluding diaryl/α,β-unsaturated/α-hetero) is 1. The summed E-state index contributed by atoms with van der Waals surface area (Å²) in [5, 5.41) is 10.2. The van der Waals surface area contributed by atoms with Crippen molar-refractivity contribution in [3.05, 3.63) is 51.8 Å². The number of rotatable bonds is 7. The van der Waals surface area contributed by atoms with Crippen LogP contribution < -0.4 is 9.47 Å². The topological polar surface area (TPSA) is 68.7 Å². The molecule has 150 valence electrons. The lowest BCUT2D eigenvalue weighted by Crippen LogP contribution is -2.15. The minimum Gasteiger partial charge on any atom is -0.486 e. The van der Waals surface area contributed by atoms with Crippen LogP contribution in [0.4, 0.5) is 8.78 Å². The van der Waals surface area contributed by atoms with Crippen LogP contribution in [0.2, 0.25) is 10.0 Å². The largest absolute Gasteiger partial charge is 0.486 e. The summed E-state index contributed by atoms with van der Waals surface area (Å²) >= 11 is 12.1. The number of alkyl halides is 2. The van der Waals surface area contributed by atoms with Crippen LogP contribution in [0.3, 0.4) is 0 Å². The van der Waals surface area contributed by atoms with Gasteiger partial charge in [0.2, 0.25) is 0 Å². The summed E-state index contributed by atoms with van der Waals surface area (Å²) < 4.78 is 35.6. The average molecular weight is 432 g/mol. The fourth-order valence-electron chi connectivity index (χ4n) is 3.04. The Kier molecular flexibility index (Phi) is 6.69. The number of hydrogen-bond acceptors (Lipinski definition) is 5. The van der Waals surface area contributed by atoms with Gasteiger partial charge < -0.3 is 14.6 Å². The Morgan fingerprint density at radius 1 is 1.21 bits per heavy atom. The molecule has 5 nitrogen and oxygen atoms in total. The Labute approximate surface area is 170 Å². The molecule has 9 heteroatoms. The van der Waals surface area contributed by atoms with E-state index in [0.717, 1.165) is 0 Å². The van der Waals surface area contributed by atoms with Crippen molar-refractivity contribution in [2.45, 2.75) is 44.5 Å². The van der Waals surface area contributed by atoms with E-state index in [0.29, 0.717) is 24.8 Å². The summed E-state index contributed by atoms with van der Waals surface area (Å²) in [6.07, 6.45) is 3.37. The first-order chi connectivity index (χ1) is 13.3. The zero-order chi connectivity index (χ0) is 20.3. The third-order valence-electron chi connectivity index (χ3n) is 4.42. The molecule has 28 heavy (non-hydrogen) atoms. The second-order valence-electron chi connectivity index (χ2n) is 6.43. The number of benzene rings is 1. The highest BCUT2D eigenvalue weighted by Gasteiger charge is 2.26. The number of pyridine rings is 1. The van der Waals surface area contributed by atoms with E-state index in [2.05, 4.69) is 9.72 Å². The van der Waals surface area contributed by atoms with E-state index in [1.54, 1.807) is 0 Å². The summed E-state index contributed by atoms with van der Waals surface area (Å²) in [6, 6.07) is 3.99. The molecule has 2 aromatic rings. The first kappa shape index (κ1) is 20.8. The number of ketones is 1. The van der Waals surface area contributed by atoms with Crippen LogP contribution in [0.5, 0.6) is 11.5 Å². The lowest BCUT2D eigenvalue weighted by molar-refractivity contribution is -0.0521. The van der Waals surface area contributed by atoms with Crippen LogP contribution in [0, 0.1) is 0 Å². The molecule has 2 atom stereocenters.